The summed E-state index contributed by atoms with van der Waals surface area (Å²) in [6.07, 6.45) is 4.40. The summed E-state index contributed by atoms with van der Waals surface area (Å²) in [7, 11) is -3.55. The zero-order valence-electron chi connectivity index (χ0n) is 11.3. The van der Waals surface area contributed by atoms with Crippen molar-refractivity contribution in [2.45, 2.75) is 19.5 Å². The van der Waals surface area contributed by atoms with Crippen LogP contribution in [0.2, 0.25) is 5.02 Å². The number of hydrogen-bond donors (Lipinski definition) is 1. The molecule has 1 aromatic carbocycles. The quantitative estimate of drug-likeness (QED) is 0.879. The minimum absolute atomic E-state index is 0.312. The van der Waals surface area contributed by atoms with Gasteiger partial charge in [0.25, 0.3) is 0 Å². The molecular formula is C13H15ClN4O2S. The van der Waals surface area contributed by atoms with Crippen molar-refractivity contribution in [2.24, 2.45) is 0 Å². The Morgan fingerprint density at radius 2 is 2.19 bits per heavy atom. The first kappa shape index (κ1) is 15.7. The fraction of sp³-hybridized carbons (Fsp3) is 0.231. The lowest BCUT2D eigenvalue weighted by Gasteiger charge is -2.11. The molecule has 0 fully saturated rings. The highest BCUT2D eigenvalue weighted by atomic mass is 35.5. The number of aromatic nitrogens is 3. The van der Waals surface area contributed by atoms with Crippen molar-refractivity contribution in [1.82, 2.24) is 19.5 Å². The van der Waals surface area contributed by atoms with Crippen LogP contribution in [0.1, 0.15) is 12.5 Å². The van der Waals surface area contributed by atoms with Crippen LogP contribution in [-0.4, -0.2) is 29.2 Å². The molecule has 0 saturated heterocycles. The van der Waals surface area contributed by atoms with E-state index in [-0.39, 0.29) is 6.04 Å². The van der Waals surface area contributed by atoms with Crippen molar-refractivity contribution in [1.29, 1.82) is 0 Å². The Balaban J connectivity index is 2.00. The number of nitrogens with one attached hydrogen (secondary N) is 1. The summed E-state index contributed by atoms with van der Waals surface area (Å²) in [5.41, 5.74) is 0.647. The predicted molar refractivity (Wildman–Crippen MR) is 82.0 cm³/mol. The second kappa shape index (κ2) is 6.84. The molecule has 112 valence electrons. The van der Waals surface area contributed by atoms with E-state index in [0.29, 0.717) is 17.1 Å². The number of hydrogen-bond acceptors (Lipinski definition) is 4. The molecule has 8 heteroatoms. The van der Waals surface area contributed by atoms with Gasteiger partial charge in [-0.1, -0.05) is 29.8 Å². The van der Waals surface area contributed by atoms with Crippen LogP contribution in [0.25, 0.3) is 6.08 Å². The van der Waals surface area contributed by atoms with Crippen molar-refractivity contribution in [3.05, 3.63) is 52.9 Å². The summed E-state index contributed by atoms with van der Waals surface area (Å²) in [4.78, 5) is 3.80. The molecule has 0 aliphatic rings. The first-order valence-electron chi connectivity index (χ1n) is 6.23. The van der Waals surface area contributed by atoms with Crippen LogP contribution in [0.5, 0.6) is 0 Å². The van der Waals surface area contributed by atoms with Crippen LogP contribution >= 0.6 is 11.6 Å². The van der Waals surface area contributed by atoms with Gasteiger partial charge in [0, 0.05) is 16.5 Å². The Morgan fingerprint density at radius 3 is 2.86 bits per heavy atom. The van der Waals surface area contributed by atoms with Gasteiger partial charge in [-0.3, -0.25) is 4.68 Å². The van der Waals surface area contributed by atoms with Crippen molar-refractivity contribution in [3.8, 4) is 0 Å². The topological polar surface area (TPSA) is 76.9 Å². The maximum absolute atomic E-state index is 12.0. The third-order valence-electron chi connectivity index (χ3n) is 2.62. The first-order chi connectivity index (χ1) is 9.96. The summed E-state index contributed by atoms with van der Waals surface area (Å²) in [6, 6.07) is 6.71. The Bertz CT molecular complexity index is 714. The summed E-state index contributed by atoms with van der Waals surface area (Å²) in [6.45, 7) is 2.15. The van der Waals surface area contributed by atoms with Gasteiger partial charge >= 0.3 is 0 Å². The number of sulfonamides is 1. The van der Waals surface area contributed by atoms with Crippen molar-refractivity contribution >= 4 is 27.7 Å². The normalized spacial score (nSPS) is 13.6. The van der Waals surface area contributed by atoms with Gasteiger partial charge in [-0.25, -0.2) is 18.1 Å². The molecule has 1 N–H and O–H groups in total. The molecular weight excluding hydrogens is 312 g/mol. The van der Waals surface area contributed by atoms with Crippen LogP contribution in [0.15, 0.2) is 42.3 Å². The zero-order valence-corrected chi connectivity index (χ0v) is 12.9. The molecule has 2 aromatic rings. The molecule has 0 saturated carbocycles. The second-order valence-electron chi connectivity index (χ2n) is 4.51. The summed E-state index contributed by atoms with van der Waals surface area (Å²) < 4.78 is 28.0. The van der Waals surface area contributed by atoms with Gasteiger partial charge in [-0.15, -0.1) is 0 Å². The number of benzene rings is 1. The lowest BCUT2D eigenvalue weighted by molar-refractivity contribution is 0.496. The summed E-state index contributed by atoms with van der Waals surface area (Å²) in [5, 5.41) is 5.53. The second-order valence-corrected chi connectivity index (χ2v) is 6.51. The maximum Gasteiger partial charge on any atom is 0.234 e. The van der Waals surface area contributed by atoms with Crippen LogP contribution in [0.3, 0.4) is 0 Å². The van der Waals surface area contributed by atoms with E-state index >= 15 is 0 Å². The van der Waals surface area contributed by atoms with E-state index < -0.39 is 10.0 Å². The van der Waals surface area contributed by atoms with Gasteiger partial charge in [0.2, 0.25) is 10.0 Å². The van der Waals surface area contributed by atoms with Gasteiger partial charge in [0.15, 0.2) is 0 Å². The number of rotatable bonds is 6. The smallest absolute Gasteiger partial charge is 0.234 e. The van der Waals surface area contributed by atoms with Crippen LogP contribution < -0.4 is 4.72 Å². The Kier molecular flexibility index (Phi) is 5.11. The summed E-state index contributed by atoms with van der Waals surface area (Å²) >= 11 is 5.97. The SMILES string of the molecule is CC(Cn1cncn1)NS(=O)(=O)C=Cc1ccccc1Cl. The van der Waals surface area contributed by atoms with Gasteiger partial charge in [0.1, 0.15) is 12.7 Å². The average Bonchev–Trinajstić information content (AvgIpc) is 2.90. The molecule has 0 amide bonds. The van der Waals surface area contributed by atoms with E-state index in [9.17, 15) is 8.42 Å². The van der Waals surface area contributed by atoms with Crippen molar-refractivity contribution in [2.75, 3.05) is 0 Å². The van der Waals surface area contributed by atoms with E-state index in [4.69, 9.17) is 11.6 Å². The standard InChI is InChI=1S/C13H15ClN4O2S/c1-11(8-18-10-15-9-16-18)17-21(19,20)7-6-12-4-2-3-5-13(12)14/h2-7,9-11,17H,8H2,1H3. The highest BCUT2D eigenvalue weighted by molar-refractivity contribution is 7.92. The lowest BCUT2D eigenvalue weighted by Crippen LogP contribution is -2.34. The molecule has 6 nitrogen and oxygen atoms in total. The van der Waals surface area contributed by atoms with E-state index in [2.05, 4.69) is 14.8 Å². The molecule has 0 aliphatic heterocycles. The summed E-state index contributed by atoms with van der Waals surface area (Å²) in [5.74, 6) is 0. The highest BCUT2D eigenvalue weighted by Crippen LogP contribution is 2.16. The molecule has 2 rings (SSSR count). The average molecular weight is 327 g/mol. The van der Waals surface area contributed by atoms with Crippen LogP contribution in [-0.2, 0) is 16.6 Å². The number of halogens is 1. The van der Waals surface area contributed by atoms with Gasteiger partial charge in [-0.2, -0.15) is 5.10 Å². The van der Waals surface area contributed by atoms with Gasteiger partial charge in [-0.05, 0) is 24.6 Å². The molecule has 0 aliphatic carbocycles. The Labute approximate surface area is 128 Å². The minimum atomic E-state index is -3.55. The van der Waals surface area contributed by atoms with E-state index in [1.165, 1.54) is 18.7 Å². The van der Waals surface area contributed by atoms with Crippen LogP contribution in [0, 0.1) is 0 Å². The molecule has 1 atom stereocenters. The maximum atomic E-state index is 12.0. The predicted octanol–water partition coefficient (Wildman–Crippen LogP) is 1.91. The Morgan fingerprint density at radius 1 is 1.43 bits per heavy atom. The largest absolute Gasteiger partial charge is 0.251 e. The molecule has 0 radical (unpaired) electrons. The lowest BCUT2D eigenvalue weighted by atomic mass is 10.2. The van der Waals surface area contributed by atoms with Gasteiger partial charge in [0.05, 0.1) is 6.54 Å². The first-order valence-corrected chi connectivity index (χ1v) is 8.16. The van der Waals surface area contributed by atoms with E-state index in [1.54, 1.807) is 35.9 Å². The van der Waals surface area contributed by atoms with Crippen LogP contribution in [0.4, 0.5) is 0 Å². The number of nitrogens with zero attached hydrogens (tertiary/aromatic N) is 3. The monoisotopic (exact) mass is 326 g/mol. The van der Waals surface area contributed by atoms with Crippen molar-refractivity contribution in [3.63, 3.8) is 0 Å². The fourth-order valence-corrected chi connectivity index (χ4v) is 2.98. The molecule has 0 spiro atoms. The molecule has 0 bridgehead atoms. The van der Waals surface area contributed by atoms with E-state index in [1.807, 2.05) is 0 Å². The molecule has 21 heavy (non-hydrogen) atoms. The third kappa shape index (κ3) is 4.96. The third-order valence-corrected chi connectivity index (χ3v) is 4.19. The minimum Gasteiger partial charge on any atom is -0.251 e. The molecule has 1 aromatic heterocycles. The Hall–Kier alpha value is -1.70. The van der Waals surface area contributed by atoms with Gasteiger partial charge < -0.3 is 0 Å². The highest BCUT2D eigenvalue weighted by Gasteiger charge is 2.12. The zero-order chi connectivity index (χ0) is 15.3. The molecule has 1 unspecified atom stereocenters. The van der Waals surface area contributed by atoms with E-state index in [0.717, 1.165) is 5.41 Å². The van der Waals surface area contributed by atoms with Crippen molar-refractivity contribution < 1.29 is 8.42 Å². The molecule has 1 heterocycles. The fourth-order valence-electron chi connectivity index (χ4n) is 1.74.